The van der Waals surface area contributed by atoms with Gasteiger partial charge in [-0.15, -0.1) is 0 Å². The van der Waals surface area contributed by atoms with Gasteiger partial charge in [-0.25, -0.2) is 0 Å². The molecular weight excluding hydrogens is 192 g/mol. The second-order valence-electron chi connectivity index (χ2n) is 3.72. The van der Waals surface area contributed by atoms with E-state index >= 15 is 0 Å². The molecule has 0 amide bonds. The average molecular weight is 210 g/mol. The molecule has 1 aliphatic rings. The first-order valence-corrected chi connectivity index (χ1v) is 5.42. The maximum Gasteiger partial charge on any atom is 0.169 e. The molecule has 3 N–H and O–H groups in total. The van der Waals surface area contributed by atoms with Crippen molar-refractivity contribution in [3.8, 4) is 0 Å². The van der Waals surface area contributed by atoms with Crippen LogP contribution in [0.3, 0.4) is 0 Å². The molecular formula is C11H18N2O2. The Kier molecular flexibility index (Phi) is 4.34. The molecule has 0 aromatic carbocycles. The SMILES string of the molecule is CCCCN=C(N)C1=C(O)CCCC1=O. The van der Waals surface area contributed by atoms with E-state index in [1.54, 1.807) is 0 Å². The van der Waals surface area contributed by atoms with Gasteiger partial charge in [0, 0.05) is 19.4 Å². The summed E-state index contributed by atoms with van der Waals surface area (Å²) in [5.41, 5.74) is 5.93. The van der Waals surface area contributed by atoms with Gasteiger partial charge in [0.2, 0.25) is 0 Å². The first-order valence-electron chi connectivity index (χ1n) is 5.42. The molecule has 0 spiro atoms. The van der Waals surface area contributed by atoms with Gasteiger partial charge in [-0.1, -0.05) is 13.3 Å². The molecule has 0 bridgehead atoms. The zero-order valence-corrected chi connectivity index (χ0v) is 9.12. The predicted molar refractivity (Wildman–Crippen MR) is 59.9 cm³/mol. The first-order chi connectivity index (χ1) is 7.16. The van der Waals surface area contributed by atoms with E-state index in [0.29, 0.717) is 25.8 Å². The third-order valence-electron chi connectivity index (χ3n) is 2.43. The number of Topliss-reactive ketones (excluding diaryl/α,β-unsaturated/α-hetero) is 1. The van der Waals surface area contributed by atoms with E-state index in [-0.39, 0.29) is 23.0 Å². The van der Waals surface area contributed by atoms with Crippen molar-refractivity contribution >= 4 is 11.6 Å². The van der Waals surface area contributed by atoms with Gasteiger partial charge in [0.25, 0.3) is 0 Å². The number of rotatable bonds is 4. The lowest BCUT2D eigenvalue weighted by atomic mass is 9.95. The van der Waals surface area contributed by atoms with Crippen LogP contribution in [0.1, 0.15) is 39.0 Å². The monoisotopic (exact) mass is 210 g/mol. The number of carbonyl (C=O) groups excluding carboxylic acids is 1. The fourth-order valence-electron chi connectivity index (χ4n) is 1.55. The van der Waals surface area contributed by atoms with Gasteiger partial charge in [0.1, 0.15) is 11.6 Å². The Morgan fingerprint density at radius 2 is 2.27 bits per heavy atom. The third-order valence-corrected chi connectivity index (χ3v) is 2.43. The summed E-state index contributed by atoms with van der Waals surface area (Å²) in [6.07, 6.45) is 3.68. The molecule has 84 valence electrons. The number of nitrogens with two attached hydrogens (primary N) is 1. The van der Waals surface area contributed by atoms with Crippen molar-refractivity contribution in [2.45, 2.75) is 39.0 Å². The third kappa shape index (κ3) is 3.08. The van der Waals surface area contributed by atoms with E-state index in [9.17, 15) is 9.90 Å². The molecule has 0 aromatic heterocycles. The minimum atomic E-state index is -0.0866. The molecule has 1 rings (SSSR count). The van der Waals surface area contributed by atoms with E-state index in [4.69, 9.17) is 5.73 Å². The van der Waals surface area contributed by atoms with E-state index in [2.05, 4.69) is 11.9 Å². The van der Waals surface area contributed by atoms with E-state index in [1.165, 1.54) is 0 Å². The summed E-state index contributed by atoms with van der Waals surface area (Å²) in [5.74, 6) is 0.214. The van der Waals surface area contributed by atoms with E-state index in [1.807, 2.05) is 0 Å². The van der Waals surface area contributed by atoms with Crippen molar-refractivity contribution in [1.82, 2.24) is 0 Å². The normalized spacial score (nSPS) is 18.5. The number of carbonyl (C=O) groups is 1. The van der Waals surface area contributed by atoms with Crippen LogP contribution in [-0.4, -0.2) is 23.3 Å². The quantitative estimate of drug-likeness (QED) is 0.421. The molecule has 0 saturated carbocycles. The predicted octanol–water partition coefficient (Wildman–Crippen LogP) is 1.71. The highest BCUT2D eigenvalue weighted by atomic mass is 16.3. The van der Waals surface area contributed by atoms with Crippen molar-refractivity contribution in [2.75, 3.05) is 6.54 Å². The Labute approximate surface area is 89.9 Å². The van der Waals surface area contributed by atoms with Crippen LogP contribution in [0.15, 0.2) is 16.3 Å². The summed E-state index contributed by atoms with van der Waals surface area (Å²) in [4.78, 5) is 15.6. The average Bonchev–Trinajstić information content (AvgIpc) is 2.18. The summed E-state index contributed by atoms with van der Waals surface area (Å²) >= 11 is 0. The zero-order chi connectivity index (χ0) is 11.3. The summed E-state index contributed by atoms with van der Waals surface area (Å²) in [6, 6.07) is 0. The molecule has 4 heteroatoms. The molecule has 1 aliphatic carbocycles. The lowest BCUT2D eigenvalue weighted by molar-refractivity contribution is -0.115. The first kappa shape index (κ1) is 11.8. The fourth-order valence-corrected chi connectivity index (χ4v) is 1.55. The van der Waals surface area contributed by atoms with Gasteiger partial charge in [0.05, 0.1) is 5.57 Å². The number of nitrogens with zero attached hydrogens (tertiary/aromatic N) is 1. The Morgan fingerprint density at radius 1 is 1.53 bits per heavy atom. The topological polar surface area (TPSA) is 75.7 Å². The Hall–Kier alpha value is -1.32. The second kappa shape index (κ2) is 5.53. The highest BCUT2D eigenvalue weighted by Gasteiger charge is 2.22. The standard InChI is InChI=1S/C11H18N2O2/c1-2-3-7-13-11(12)10-8(14)5-4-6-9(10)15/h14H,2-7H2,1H3,(H2,12,13). The molecule has 0 unspecified atom stereocenters. The smallest absolute Gasteiger partial charge is 0.169 e. The van der Waals surface area contributed by atoms with Crippen molar-refractivity contribution in [1.29, 1.82) is 0 Å². The molecule has 15 heavy (non-hydrogen) atoms. The van der Waals surface area contributed by atoms with Crippen LogP contribution in [0.25, 0.3) is 0 Å². The van der Waals surface area contributed by atoms with Crippen LogP contribution in [0, 0.1) is 0 Å². The van der Waals surface area contributed by atoms with Crippen LogP contribution < -0.4 is 5.73 Å². The molecule has 0 fully saturated rings. The van der Waals surface area contributed by atoms with Gasteiger partial charge in [-0.05, 0) is 12.8 Å². The fraction of sp³-hybridized carbons (Fsp3) is 0.636. The van der Waals surface area contributed by atoms with Gasteiger partial charge in [-0.3, -0.25) is 9.79 Å². The number of ketones is 1. The minimum Gasteiger partial charge on any atom is -0.511 e. The largest absolute Gasteiger partial charge is 0.511 e. The second-order valence-corrected chi connectivity index (χ2v) is 3.72. The molecule has 0 radical (unpaired) electrons. The molecule has 4 nitrogen and oxygen atoms in total. The summed E-state index contributed by atoms with van der Waals surface area (Å²) in [6.45, 7) is 2.68. The number of allylic oxidation sites excluding steroid dienone is 1. The zero-order valence-electron chi connectivity index (χ0n) is 9.12. The number of amidine groups is 1. The summed E-state index contributed by atoms with van der Waals surface area (Å²) < 4.78 is 0. The van der Waals surface area contributed by atoms with Crippen LogP contribution in [0.2, 0.25) is 0 Å². The number of aliphatic hydroxyl groups is 1. The molecule has 0 atom stereocenters. The van der Waals surface area contributed by atoms with Crippen molar-refractivity contribution < 1.29 is 9.90 Å². The molecule has 0 heterocycles. The summed E-state index contributed by atoms with van der Waals surface area (Å²) in [7, 11) is 0. The lowest BCUT2D eigenvalue weighted by Crippen LogP contribution is -2.26. The number of unbranched alkanes of at least 4 members (excludes halogenated alkanes) is 1. The number of hydrogen-bond acceptors (Lipinski definition) is 3. The summed E-state index contributed by atoms with van der Waals surface area (Å²) in [5, 5.41) is 9.56. The Bertz CT molecular complexity index is 306. The van der Waals surface area contributed by atoms with Gasteiger partial charge >= 0.3 is 0 Å². The lowest BCUT2D eigenvalue weighted by Gasteiger charge is -2.14. The Morgan fingerprint density at radius 3 is 2.87 bits per heavy atom. The van der Waals surface area contributed by atoms with Crippen molar-refractivity contribution in [2.24, 2.45) is 10.7 Å². The maximum atomic E-state index is 11.5. The number of hydrogen-bond donors (Lipinski definition) is 2. The van der Waals surface area contributed by atoms with Gasteiger partial charge in [0.15, 0.2) is 5.78 Å². The highest BCUT2D eigenvalue weighted by molar-refractivity contribution is 6.21. The maximum absolute atomic E-state index is 11.5. The minimum absolute atomic E-state index is 0.0866. The van der Waals surface area contributed by atoms with Crippen LogP contribution in [-0.2, 0) is 4.79 Å². The van der Waals surface area contributed by atoms with E-state index < -0.39 is 0 Å². The van der Waals surface area contributed by atoms with E-state index in [0.717, 1.165) is 12.8 Å². The van der Waals surface area contributed by atoms with Crippen molar-refractivity contribution in [3.05, 3.63) is 11.3 Å². The van der Waals surface area contributed by atoms with Crippen LogP contribution in [0.4, 0.5) is 0 Å². The molecule has 0 saturated heterocycles. The number of aliphatic imine (C=N–C) groups is 1. The van der Waals surface area contributed by atoms with Gasteiger partial charge < -0.3 is 10.8 Å². The van der Waals surface area contributed by atoms with Crippen LogP contribution in [0.5, 0.6) is 0 Å². The van der Waals surface area contributed by atoms with Crippen molar-refractivity contribution in [3.63, 3.8) is 0 Å². The number of aliphatic hydroxyl groups excluding tert-OH is 1. The highest BCUT2D eigenvalue weighted by Crippen LogP contribution is 2.19. The molecule has 0 aromatic rings. The molecule has 0 aliphatic heterocycles. The van der Waals surface area contributed by atoms with Crippen LogP contribution >= 0.6 is 0 Å². The Balaban J connectivity index is 2.75. The van der Waals surface area contributed by atoms with Gasteiger partial charge in [-0.2, -0.15) is 0 Å².